The van der Waals surface area contributed by atoms with Crippen LogP contribution in [0.25, 0.3) is 16.7 Å². The lowest BCUT2D eigenvalue weighted by Crippen LogP contribution is -2.43. The quantitative estimate of drug-likeness (QED) is 0.468. The minimum atomic E-state index is -1.42. The van der Waals surface area contributed by atoms with Gasteiger partial charge >= 0.3 is 5.69 Å². The second-order valence-electron chi connectivity index (χ2n) is 8.46. The van der Waals surface area contributed by atoms with Crippen molar-refractivity contribution >= 4 is 16.9 Å². The van der Waals surface area contributed by atoms with E-state index in [-0.39, 0.29) is 36.2 Å². The predicted octanol–water partition coefficient (Wildman–Crippen LogP) is 2.47. The standard InChI is InChI=1S/C25H19F3N4O4/c26-15-10-18-22(29-12-15)31(16-6-7-19(27)20(28)11-16)25(36)32(23(18)34)17-8-9-30(13-17)24(35)21(33)14-4-2-1-3-5-14/h1-7,10-12,17,21,33H,8-9,13H2/t17-,21-/m1/s1. The van der Waals surface area contributed by atoms with Gasteiger partial charge in [0.15, 0.2) is 23.4 Å². The second-order valence-corrected chi connectivity index (χ2v) is 8.46. The van der Waals surface area contributed by atoms with E-state index < -0.39 is 46.8 Å². The molecule has 2 atom stereocenters. The number of aliphatic hydroxyl groups is 1. The molecule has 184 valence electrons. The summed E-state index contributed by atoms with van der Waals surface area (Å²) in [6, 6.07) is 11.2. The predicted molar refractivity (Wildman–Crippen MR) is 123 cm³/mol. The first kappa shape index (κ1) is 23.5. The van der Waals surface area contributed by atoms with E-state index in [0.717, 1.165) is 39.6 Å². The first-order valence-electron chi connectivity index (χ1n) is 11.1. The number of rotatable bonds is 4. The molecule has 0 saturated carbocycles. The van der Waals surface area contributed by atoms with Crippen molar-refractivity contribution < 1.29 is 23.1 Å². The summed E-state index contributed by atoms with van der Waals surface area (Å²) in [4.78, 5) is 44.9. The Balaban J connectivity index is 1.59. The van der Waals surface area contributed by atoms with Crippen molar-refractivity contribution in [2.45, 2.75) is 18.6 Å². The summed E-state index contributed by atoms with van der Waals surface area (Å²) in [5, 5.41) is 10.2. The number of likely N-dealkylation sites (tertiary alicyclic amines) is 1. The van der Waals surface area contributed by atoms with Crippen LogP contribution in [0.15, 0.2) is 70.4 Å². The molecular weight excluding hydrogens is 477 g/mol. The van der Waals surface area contributed by atoms with Crippen LogP contribution in [-0.2, 0) is 4.79 Å². The Morgan fingerprint density at radius 3 is 2.50 bits per heavy atom. The number of hydrogen-bond donors (Lipinski definition) is 1. The minimum absolute atomic E-state index is 0.0656. The van der Waals surface area contributed by atoms with Gasteiger partial charge in [0, 0.05) is 19.2 Å². The van der Waals surface area contributed by atoms with Crippen molar-refractivity contribution in [1.82, 2.24) is 19.0 Å². The molecule has 0 radical (unpaired) electrons. The summed E-state index contributed by atoms with van der Waals surface area (Å²) in [6.45, 7) is 0.0911. The molecule has 2 aromatic carbocycles. The summed E-state index contributed by atoms with van der Waals surface area (Å²) >= 11 is 0. The number of pyridine rings is 1. The number of benzene rings is 2. The average Bonchev–Trinajstić information content (AvgIpc) is 3.36. The molecule has 0 bridgehead atoms. The molecule has 36 heavy (non-hydrogen) atoms. The van der Waals surface area contributed by atoms with Gasteiger partial charge in [-0.15, -0.1) is 0 Å². The van der Waals surface area contributed by atoms with Crippen molar-refractivity contribution in [1.29, 1.82) is 0 Å². The maximum atomic E-state index is 14.0. The van der Waals surface area contributed by atoms with Crippen molar-refractivity contribution in [3.05, 3.63) is 105 Å². The molecule has 1 aliphatic rings. The fourth-order valence-corrected chi connectivity index (χ4v) is 4.47. The van der Waals surface area contributed by atoms with Gasteiger partial charge in [0.1, 0.15) is 5.82 Å². The monoisotopic (exact) mass is 496 g/mol. The lowest BCUT2D eigenvalue weighted by atomic mass is 10.1. The second kappa shape index (κ2) is 9.08. The third kappa shape index (κ3) is 3.97. The number of hydrogen-bond acceptors (Lipinski definition) is 5. The first-order chi connectivity index (χ1) is 17.3. The third-order valence-corrected chi connectivity index (χ3v) is 6.24. The van der Waals surface area contributed by atoms with Gasteiger partial charge in [0.25, 0.3) is 11.5 Å². The maximum absolute atomic E-state index is 14.0. The number of aromatic nitrogens is 3. The SMILES string of the molecule is O=C([C@H](O)c1ccccc1)N1CC[C@@H](n2c(=O)c3cc(F)cnc3n(-c3ccc(F)c(F)c3)c2=O)C1. The molecule has 0 unspecified atom stereocenters. The number of aliphatic hydroxyl groups excluding tert-OH is 1. The van der Waals surface area contributed by atoms with Crippen molar-refractivity contribution in [2.24, 2.45) is 0 Å². The zero-order valence-corrected chi connectivity index (χ0v) is 18.6. The van der Waals surface area contributed by atoms with Gasteiger partial charge in [-0.1, -0.05) is 30.3 Å². The van der Waals surface area contributed by atoms with Crippen molar-refractivity contribution in [2.75, 3.05) is 13.1 Å². The highest BCUT2D eigenvalue weighted by Gasteiger charge is 2.34. The molecular formula is C25H19F3N4O4. The minimum Gasteiger partial charge on any atom is -0.378 e. The van der Waals surface area contributed by atoms with Gasteiger partial charge < -0.3 is 10.0 Å². The molecule has 1 fully saturated rings. The van der Waals surface area contributed by atoms with Crippen LogP contribution in [0.2, 0.25) is 0 Å². The molecule has 1 aliphatic heterocycles. The zero-order valence-electron chi connectivity index (χ0n) is 18.6. The van der Waals surface area contributed by atoms with E-state index in [0.29, 0.717) is 5.56 Å². The number of carbonyl (C=O) groups excluding carboxylic acids is 1. The van der Waals surface area contributed by atoms with Gasteiger partial charge in [-0.2, -0.15) is 0 Å². The van der Waals surface area contributed by atoms with E-state index in [1.807, 2.05) is 0 Å². The Labute approximate surface area is 201 Å². The Bertz CT molecular complexity index is 1600. The number of amides is 1. The van der Waals surface area contributed by atoms with Crippen LogP contribution < -0.4 is 11.2 Å². The van der Waals surface area contributed by atoms with Gasteiger partial charge in [-0.25, -0.2) is 27.5 Å². The normalized spacial score (nSPS) is 16.4. The van der Waals surface area contributed by atoms with Crippen LogP contribution in [0.3, 0.4) is 0 Å². The van der Waals surface area contributed by atoms with E-state index in [9.17, 15) is 32.7 Å². The fourth-order valence-electron chi connectivity index (χ4n) is 4.47. The van der Waals surface area contributed by atoms with Crippen LogP contribution >= 0.6 is 0 Å². The van der Waals surface area contributed by atoms with Gasteiger partial charge in [0.2, 0.25) is 0 Å². The van der Waals surface area contributed by atoms with Crippen LogP contribution in [0.4, 0.5) is 13.2 Å². The molecule has 1 N–H and O–H groups in total. The smallest absolute Gasteiger partial charge is 0.337 e. The lowest BCUT2D eigenvalue weighted by molar-refractivity contribution is -0.139. The molecule has 4 aromatic rings. The summed E-state index contributed by atoms with van der Waals surface area (Å²) in [5.41, 5.74) is -1.67. The summed E-state index contributed by atoms with van der Waals surface area (Å²) in [5.74, 6) is -3.77. The number of halogens is 3. The van der Waals surface area contributed by atoms with E-state index in [1.54, 1.807) is 30.3 Å². The lowest BCUT2D eigenvalue weighted by Gasteiger charge is -2.21. The largest absolute Gasteiger partial charge is 0.378 e. The van der Waals surface area contributed by atoms with Gasteiger partial charge in [0.05, 0.1) is 23.3 Å². The number of nitrogens with zero attached hydrogens (tertiary/aromatic N) is 4. The highest BCUT2D eigenvalue weighted by molar-refractivity contribution is 5.82. The molecule has 2 aromatic heterocycles. The van der Waals surface area contributed by atoms with Crippen LogP contribution in [0.5, 0.6) is 0 Å². The van der Waals surface area contributed by atoms with E-state index >= 15 is 0 Å². The molecule has 0 aliphatic carbocycles. The number of carbonyl (C=O) groups is 1. The van der Waals surface area contributed by atoms with E-state index in [2.05, 4.69) is 4.98 Å². The molecule has 1 amide bonds. The molecule has 5 rings (SSSR count). The molecule has 3 heterocycles. The van der Waals surface area contributed by atoms with E-state index in [1.165, 1.54) is 4.90 Å². The highest BCUT2D eigenvalue weighted by Crippen LogP contribution is 2.25. The van der Waals surface area contributed by atoms with Crippen LogP contribution in [0, 0.1) is 17.5 Å². The Hall–Kier alpha value is -4.25. The van der Waals surface area contributed by atoms with Gasteiger partial charge in [-0.3, -0.25) is 14.2 Å². The molecule has 11 heteroatoms. The first-order valence-corrected chi connectivity index (χ1v) is 11.1. The Morgan fingerprint density at radius 1 is 1.03 bits per heavy atom. The molecule has 1 saturated heterocycles. The van der Waals surface area contributed by atoms with Crippen LogP contribution in [-0.4, -0.2) is 43.1 Å². The van der Waals surface area contributed by atoms with Gasteiger partial charge in [-0.05, 0) is 30.2 Å². The summed E-state index contributed by atoms with van der Waals surface area (Å²) in [7, 11) is 0. The zero-order chi connectivity index (χ0) is 25.6. The maximum Gasteiger partial charge on any atom is 0.337 e. The fraction of sp³-hybridized carbons (Fsp3) is 0.200. The topological polar surface area (TPSA) is 97.4 Å². The average molecular weight is 496 g/mol. The van der Waals surface area contributed by atoms with E-state index in [4.69, 9.17) is 0 Å². The molecule has 0 spiro atoms. The summed E-state index contributed by atoms with van der Waals surface area (Å²) in [6.07, 6.45) is -0.410. The molecule has 8 nitrogen and oxygen atoms in total. The highest BCUT2D eigenvalue weighted by atomic mass is 19.2. The van der Waals surface area contributed by atoms with Crippen molar-refractivity contribution in [3.8, 4) is 5.69 Å². The van der Waals surface area contributed by atoms with Crippen LogP contribution in [0.1, 0.15) is 24.1 Å². The number of fused-ring (bicyclic) bond motifs is 1. The summed E-state index contributed by atoms with van der Waals surface area (Å²) < 4.78 is 43.3. The van der Waals surface area contributed by atoms with Crippen molar-refractivity contribution in [3.63, 3.8) is 0 Å². The Morgan fingerprint density at radius 2 is 1.78 bits per heavy atom. The third-order valence-electron chi connectivity index (χ3n) is 6.24. The Kier molecular flexibility index (Phi) is 5.92.